The number of hydrogen-bond acceptors (Lipinski definition) is 3. The molecule has 1 aromatic heterocycles. The number of anilines is 1. The minimum atomic E-state index is -0.234. The normalized spacial score (nSPS) is 16.9. The number of aryl methyl sites for hydroxylation is 1. The molecule has 1 aliphatic heterocycles. The zero-order chi connectivity index (χ0) is 17.3. The van der Waals surface area contributed by atoms with Gasteiger partial charge < -0.3 is 10.1 Å². The van der Waals surface area contributed by atoms with Crippen molar-refractivity contribution in [2.24, 2.45) is 0 Å². The van der Waals surface area contributed by atoms with Crippen molar-refractivity contribution in [1.29, 1.82) is 0 Å². The van der Waals surface area contributed by atoms with Crippen molar-refractivity contribution in [3.05, 3.63) is 41.6 Å². The van der Waals surface area contributed by atoms with Crippen molar-refractivity contribution in [3.8, 4) is 5.75 Å². The number of amides is 2. The molecule has 0 unspecified atom stereocenters. The molecule has 2 aromatic rings. The molecule has 0 aliphatic carbocycles. The summed E-state index contributed by atoms with van der Waals surface area (Å²) in [5, 5.41) is 10.4. The third-order valence-corrected chi connectivity index (χ3v) is 3.97. The highest BCUT2D eigenvalue weighted by molar-refractivity contribution is 5.88. The zero-order valence-electron chi connectivity index (χ0n) is 14.6. The molecular weight excluding hydrogens is 304 g/mol. The lowest BCUT2D eigenvalue weighted by Crippen LogP contribution is -2.36. The molecule has 1 atom stereocenters. The average Bonchev–Trinajstić information content (AvgIpc) is 2.88. The number of aromatic nitrogens is 2. The van der Waals surface area contributed by atoms with Gasteiger partial charge in [0.25, 0.3) is 0 Å². The molecule has 24 heavy (non-hydrogen) atoms. The highest BCUT2D eigenvalue weighted by Gasteiger charge is 2.24. The van der Waals surface area contributed by atoms with Crippen LogP contribution in [-0.2, 0) is 5.54 Å². The lowest BCUT2D eigenvalue weighted by atomic mass is 10.0. The molecule has 1 aromatic carbocycles. The number of nitrogens with one attached hydrogen (secondary N) is 2. The molecule has 1 aliphatic rings. The third kappa shape index (κ3) is 3.37. The fourth-order valence-electron chi connectivity index (χ4n) is 2.90. The second-order valence-electron chi connectivity index (χ2n) is 7.08. The Bertz CT molecular complexity index is 746. The van der Waals surface area contributed by atoms with E-state index in [-0.39, 0.29) is 17.6 Å². The van der Waals surface area contributed by atoms with Crippen LogP contribution in [-0.4, -0.2) is 22.4 Å². The molecule has 6 heteroatoms. The van der Waals surface area contributed by atoms with E-state index in [2.05, 4.69) is 36.5 Å². The van der Waals surface area contributed by atoms with Gasteiger partial charge in [-0.15, -0.1) is 0 Å². The molecule has 128 valence electrons. The van der Waals surface area contributed by atoms with Crippen molar-refractivity contribution in [2.75, 3.05) is 11.9 Å². The van der Waals surface area contributed by atoms with E-state index >= 15 is 0 Å². The summed E-state index contributed by atoms with van der Waals surface area (Å²) in [4.78, 5) is 12.5. The van der Waals surface area contributed by atoms with Crippen molar-refractivity contribution >= 4 is 11.8 Å². The van der Waals surface area contributed by atoms with Gasteiger partial charge in [-0.25, -0.2) is 9.48 Å². The molecule has 3 rings (SSSR count). The van der Waals surface area contributed by atoms with Crippen LogP contribution in [0.5, 0.6) is 5.75 Å². The molecule has 0 saturated carbocycles. The fraction of sp³-hybridized carbons (Fsp3) is 0.444. The first-order valence-corrected chi connectivity index (χ1v) is 8.21. The van der Waals surface area contributed by atoms with Crippen LogP contribution in [0.2, 0.25) is 0 Å². The Kier molecular flexibility index (Phi) is 4.22. The monoisotopic (exact) mass is 328 g/mol. The summed E-state index contributed by atoms with van der Waals surface area (Å²) in [5.74, 6) is 1.53. The van der Waals surface area contributed by atoms with Crippen LogP contribution >= 0.6 is 0 Å². The Morgan fingerprint density at radius 2 is 2.08 bits per heavy atom. The maximum atomic E-state index is 12.5. The van der Waals surface area contributed by atoms with Crippen LogP contribution in [0.1, 0.15) is 44.5 Å². The average molecular weight is 328 g/mol. The summed E-state index contributed by atoms with van der Waals surface area (Å²) in [6, 6.07) is 9.40. The van der Waals surface area contributed by atoms with Gasteiger partial charge in [-0.05, 0) is 33.8 Å². The Balaban J connectivity index is 1.74. The summed E-state index contributed by atoms with van der Waals surface area (Å²) >= 11 is 0. The van der Waals surface area contributed by atoms with E-state index in [0.29, 0.717) is 12.4 Å². The third-order valence-electron chi connectivity index (χ3n) is 3.97. The lowest BCUT2D eigenvalue weighted by Gasteiger charge is -2.27. The van der Waals surface area contributed by atoms with Gasteiger partial charge in [0, 0.05) is 18.1 Å². The maximum absolute atomic E-state index is 12.5. The Hall–Kier alpha value is -2.50. The first-order valence-electron chi connectivity index (χ1n) is 8.21. The van der Waals surface area contributed by atoms with Crippen LogP contribution < -0.4 is 15.4 Å². The van der Waals surface area contributed by atoms with E-state index in [1.165, 1.54) is 0 Å². The van der Waals surface area contributed by atoms with Gasteiger partial charge in [0.15, 0.2) is 0 Å². The summed E-state index contributed by atoms with van der Waals surface area (Å²) in [6.07, 6.45) is 0.752. The smallest absolute Gasteiger partial charge is 0.320 e. The van der Waals surface area contributed by atoms with E-state index in [1.807, 2.05) is 41.9 Å². The van der Waals surface area contributed by atoms with Gasteiger partial charge in [-0.3, -0.25) is 5.32 Å². The Morgan fingerprint density at radius 3 is 2.83 bits per heavy atom. The largest absolute Gasteiger partial charge is 0.493 e. The number of ether oxygens (including phenoxy) is 1. The van der Waals surface area contributed by atoms with Crippen molar-refractivity contribution in [2.45, 2.75) is 45.7 Å². The van der Waals surface area contributed by atoms with Gasteiger partial charge in [0.1, 0.15) is 11.6 Å². The predicted octanol–water partition coefficient (Wildman–Crippen LogP) is 3.59. The summed E-state index contributed by atoms with van der Waals surface area (Å²) in [7, 11) is 0. The number of benzene rings is 1. The molecule has 2 N–H and O–H groups in total. The zero-order valence-corrected chi connectivity index (χ0v) is 14.6. The molecule has 0 spiro atoms. The molecule has 0 fully saturated rings. The molecular formula is C18H24N4O2. The number of rotatable bonds is 2. The first kappa shape index (κ1) is 16.4. The molecule has 0 bridgehead atoms. The predicted molar refractivity (Wildman–Crippen MR) is 93.4 cm³/mol. The van der Waals surface area contributed by atoms with E-state index in [4.69, 9.17) is 4.74 Å². The molecule has 2 amide bonds. The van der Waals surface area contributed by atoms with Gasteiger partial charge >= 0.3 is 6.03 Å². The highest BCUT2D eigenvalue weighted by Crippen LogP contribution is 2.31. The molecule has 0 saturated heterocycles. The van der Waals surface area contributed by atoms with Crippen LogP contribution in [0.4, 0.5) is 10.6 Å². The molecule has 6 nitrogen and oxygen atoms in total. The summed E-state index contributed by atoms with van der Waals surface area (Å²) in [6.45, 7) is 8.67. The molecule has 0 radical (unpaired) electrons. The second-order valence-corrected chi connectivity index (χ2v) is 7.08. The number of para-hydroxylation sites is 1. The topological polar surface area (TPSA) is 68.2 Å². The Labute approximate surface area is 142 Å². The first-order chi connectivity index (χ1) is 11.3. The minimum absolute atomic E-state index is 0.0537. The maximum Gasteiger partial charge on any atom is 0.320 e. The van der Waals surface area contributed by atoms with E-state index in [9.17, 15) is 4.79 Å². The number of nitrogens with zero attached hydrogens (tertiary/aromatic N) is 2. The van der Waals surface area contributed by atoms with Gasteiger partial charge in [0.2, 0.25) is 0 Å². The summed E-state index contributed by atoms with van der Waals surface area (Å²) in [5.41, 5.74) is 1.68. The fourth-order valence-corrected chi connectivity index (χ4v) is 2.90. The van der Waals surface area contributed by atoms with Crippen LogP contribution in [0, 0.1) is 6.92 Å². The highest BCUT2D eigenvalue weighted by atomic mass is 16.5. The number of fused-ring (bicyclic) bond motifs is 1. The van der Waals surface area contributed by atoms with Gasteiger partial charge in [-0.2, -0.15) is 5.10 Å². The molecule has 2 heterocycles. The number of hydrogen-bond donors (Lipinski definition) is 2. The van der Waals surface area contributed by atoms with E-state index in [1.54, 1.807) is 0 Å². The van der Waals surface area contributed by atoms with Crippen molar-refractivity contribution in [3.63, 3.8) is 0 Å². The van der Waals surface area contributed by atoms with Crippen molar-refractivity contribution < 1.29 is 9.53 Å². The quantitative estimate of drug-likeness (QED) is 0.885. The minimum Gasteiger partial charge on any atom is -0.493 e. The van der Waals surface area contributed by atoms with Gasteiger partial charge in [-0.1, -0.05) is 18.2 Å². The number of carbonyl (C=O) groups is 1. The van der Waals surface area contributed by atoms with Crippen LogP contribution in [0.25, 0.3) is 0 Å². The van der Waals surface area contributed by atoms with E-state index < -0.39 is 0 Å². The number of carbonyl (C=O) groups excluding carboxylic acids is 1. The van der Waals surface area contributed by atoms with Gasteiger partial charge in [0.05, 0.1) is 23.9 Å². The summed E-state index contributed by atoms with van der Waals surface area (Å²) < 4.78 is 7.47. The Morgan fingerprint density at radius 1 is 1.33 bits per heavy atom. The van der Waals surface area contributed by atoms with Crippen molar-refractivity contribution in [1.82, 2.24) is 15.1 Å². The van der Waals surface area contributed by atoms with Crippen LogP contribution in [0.3, 0.4) is 0 Å². The lowest BCUT2D eigenvalue weighted by molar-refractivity contribution is 0.232. The number of urea groups is 1. The SMILES string of the molecule is Cc1cc(NC(=O)N[C@H]2CCOc3ccccc32)n(C(C)(C)C)n1. The van der Waals surface area contributed by atoms with Crippen LogP contribution in [0.15, 0.2) is 30.3 Å². The standard InChI is InChI=1S/C18H24N4O2/c1-12-11-16(22(21-12)18(2,3)4)20-17(23)19-14-9-10-24-15-8-6-5-7-13(14)15/h5-8,11,14H,9-10H2,1-4H3,(H2,19,20,23)/t14-/m0/s1. The van der Waals surface area contributed by atoms with E-state index in [0.717, 1.165) is 23.4 Å². The second kappa shape index (κ2) is 6.19.